The van der Waals surface area contributed by atoms with Crippen LogP contribution in [0.3, 0.4) is 0 Å². The molecule has 0 heterocycles. The smallest absolute Gasteiger partial charge is 0.310 e. The van der Waals surface area contributed by atoms with Gasteiger partial charge in [-0.3, -0.25) is 4.79 Å². The average molecular weight is 248 g/mol. The van der Waals surface area contributed by atoms with Crippen LogP contribution < -0.4 is 10.5 Å². The first kappa shape index (κ1) is 14.0. The zero-order valence-electron chi connectivity index (χ0n) is 10.5. The van der Waals surface area contributed by atoms with Gasteiger partial charge >= 0.3 is 5.97 Å². The van der Waals surface area contributed by atoms with Crippen LogP contribution in [0.1, 0.15) is 23.6 Å². The molecule has 0 aliphatic carbocycles. The molecule has 0 amide bonds. The van der Waals surface area contributed by atoms with Gasteiger partial charge < -0.3 is 15.2 Å². The number of ether oxygens (including phenoxy) is 2. The summed E-state index contributed by atoms with van der Waals surface area (Å²) in [5.74, 6) is 0.215. The Labute approximate surface area is 106 Å². The summed E-state index contributed by atoms with van der Waals surface area (Å²) >= 11 is 0. The molecular weight excluding hydrogens is 232 g/mol. The van der Waals surface area contributed by atoms with E-state index in [9.17, 15) is 4.79 Å². The minimum atomic E-state index is -0.364. The van der Waals surface area contributed by atoms with Crippen molar-refractivity contribution in [2.45, 2.75) is 19.9 Å². The maximum atomic E-state index is 11.4. The lowest BCUT2D eigenvalue weighted by Crippen LogP contribution is -2.10. The van der Waals surface area contributed by atoms with Crippen LogP contribution in [0.4, 0.5) is 0 Å². The molecule has 96 valence electrons. The van der Waals surface area contributed by atoms with Gasteiger partial charge in [-0.2, -0.15) is 5.26 Å². The lowest BCUT2D eigenvalue weighted by molar-refractivity contribution is -0.142. The first-order valence-corrected chi connectivity index (χ1v) is 5.61. The highest BCUT2D eigenvalue weighted by molar-refractivity contribution is 5.74. The minimum absolute atomic E-state index is 0.0535. The van der Waals surface area contributed by atoms with Gasteiger partial charge in [0.2, 0.25) is 0 Å². The molecule has 0 spiro atoms. The number of hydrogen-bond donors (Lipinski definition) is 1. The lowest BCUT2D eigenvalue weighted by atomic mass is 10.0. The number of hydrogen-bond acceptors (Lipinski definition) is 5. The third-order valence-electron chi connectivity index (χ3n) is 2.49. The first-order valence-electron chi connectivity index (χ1n) is 5.61. The zero-order valence-corrected chi connectivity index (χ0v) is 10.5. The van der Waals surface area contributed by atoms with Crippen LogP contribution in [-0.4, -0.2) is 19.7 Å². The standard InChI is InChI=1S/C13H16N2O3/c1-3-18-13(16)6-9-5-12(17-2)11(8-15)4-10(9)7-14/h4-5H,3,6,8,15H2,1-2H3. The Bertz CT molecular complexity index is 478. The van der Waals surface area contributed by atoms with E-state index in [-0.39, 0.29) is 18.9 Å². The fourth-order valence-electron chi connectivity index (χ4n) is 1.63. The minimum Gasteiger partial charge on any atom is -0.496 e. The van der Waals surface area contributed by atoms with E-state index in [1.807, 2.05) is 0 Å². The van der Waals surface area contributed by atoms with Crippen LogP contribution in [0.15, 0.2) is 12.1 Å². The molecule has 0 aliphatic rings. The molecule has 0 aromatic heterocycles. The Kier molecular flexibility index (Phi) is 5.15. The van der Waals surface area contributed by atoms with Crippen LogP contribution in [0.2, 0.25) is 0 Å². The van der Waals surface area contributed by atoms with E-state index >= 15 is 0 Å². The third-order valence-corrected chi connectivity index (χ3v) is 2.49. The van der Waals surface area contributed by atoms with Crippen LogP contribution in [0.5, 0.6) is 5.75 Å². The predicted octanol–water partition coefficient (Wildman–Crippen LogP) is 1.13. The fourth-order valence-corrected chi connectivity index (χ4v) is 1.63. The Morgan fingerprint density at radius 3 is 2.67 bits per heavy atom. The van der Waals surface area contributed by atoms with Gasteiger partial charge in [0.05, 0.1) is 31.8 Å². The second-order valence-corrected chi connectivity index (χ2v) is 3.62. The number of esters is 1. The molecule has 5 heteroatoms. The van der Waals surface area contributed by atoms with Gasteiger partial charge in [0.1, 0.15) is 5.75 Å². The average Bonchev–Trinajstić information content (AvgIpc) is 2.38. The summed E-state index contributed by atoms with van der Waals surface area (Å²) in [6.07, 6.45) is 0.0535. The molecule has 0 aliphatic heterocycles. The van der Waals surface area contributed by atoms with Crippen molar-refractivity contribution in [3.63, 3.8) is 0 Å². The van der Waals surface area contributed by atoms with Crippen molar-refractivity contribution in [2.24, 2.45) is 5.73 Å². The Balaban J connectivity index is 3.10. The number of carbonyl (C=O) groups is 1. The SMILES string of the molecule is CCOC(=O)Cc1cc(OC)c(CN)cc1C#N. The van der Waals surface area contributed by atoms with Crippen molar-refractivity contribution in [2.75, 3.05) is 13.7 Å². The number of nitrogens with two attached hydrogens (primary N) is 1. The molecule has 5 nitrogen and oxygen atoms in total. The van der Waals surface area contributed by atoms with Gasteiger partial charge in [-0.25, -0.2) is 0 Å². The maximum absolute atomic E-state index is 11.4. The summed E-state index contributed by atoms with van der Waals surface area (Å²) in [6, 6.07) is 5.36. The number of nitriles is 1. The molecule has 0 bridgehead atoms. The van der Waals surface area contributed by atoms with Gasteiger partial charge in [0.15, 0.2) is 0 Å². The molecule has 0 atom stereocenters. The van der Waals surface area contributed by atoms with E-state index in [0.717, 1.165) is 5.56 Å². The fraction of sp³-hybridized carbons (Fsp3) is 0.385. The lowest BCUT2D eigenvalue weighted by Gasteiger charge is -2.11. The number of rotatable bonds is 5. The number of nitrogens with zero attached hydrogens (tertiary/aromatic N) is 1. The van der Waals surface area contributed by atoms with E-state index in [2.05, 4.69) is 6.07 Å². The second kappa shape index (κ2) is 6.62. The Morgan fingerprint density at radius 1 is 1.44 bits per heavy atom. The van der Waals surface area contributed by atoms with E-state index in [4.69, 9.17) is 20.5 Å². The summed E-state index contributed by atoms with van der Waals surface area (Å²) in [5.41, 5.74) is 7.31. The molecule has 1 rings (SSSR count). The van der Waals surface area contributed by atoms with Crippen LogP contribution in [-0.2, 0) is 22.5 Å². The maximum Gasteiger partial charge on any atom is 0.310 e. The topological polar surface area (TPSA) is 85.3 Å². The van der Waals surface area contributed by atoms with E-state index in [0.29, 0.717) is 23.5 Å². The largest absolute Gasteiger partial charge is 0.496 e. The summed E-state index contributed by atoms with van der Waals surface area (Å²) in [7, 11) is 1.52. The molecule has 0 saturated heterocycles. The summed E-state index contributed by atoms with van der Waals surface area (Å²) in [6.45, 7) is 2.33. The van der Waals surface area contributed by atoms with Crippen molar-refractivity contribution < 1.29 is 14.3 Å². The quantitative estimate of drug-likeness (QED) is 0.789. The monoisotopic (exact) mass is 248 g/mol. The van der Waals surface area contributed by atoms with Gasteiger partial charge in [-0.1, -0.05) is 0 Å². The van der Waals surface area contributed by atoms with Gasteiger partial charge in [0, 0.05) is 12.1 Å². The second-order valence-electron chi connectivity index (χ2n) is 3.62. The van der Waals surface area contributed by atoms with Gasteiger partial charge in [0.25, 0.3) is 0 Å². The highest BCUT2D eigenvalue weighted by Crippen LogP contribution is 2.23. The molecule has 18 heavy (non-hydrogen) atoms. The van der Waals surface area contributed by atoms with Crippen molar-refractivity contribution in [3.8, 4) is 11.8 Å². The van der Waals surface area contributed by atoms with Crippen LogP contribution in [0, 0.1) is 11.3 Å². The summed E-state index contributed by atoms with van der Waals surface area (Å²) in [4.78, 5) is 11.4. The van der Waals surface area contributed by atoms with Crippen molar-refractivity contribution in [1.82, 2.24) is 0 Å². The van der Waals surface area contributed by atoms with E-state index in [1.165, 1.54) is 7.11 Å². The van der Waals surface area contributed by atoms with Crippen molar-refractivity contribution >= 4 is 5.97 Å². The molecule has 0 saturated carbocycles. The van der Waals surface area contributed by atoms with Crippen molar-refractivity contribution in [1.29, 1.82) is 5.26 Å². The highest BCUT2D eigenvalue weighted by Gasteiger charge is 2.13. The number of methoxy groups -OCH3 is 1. The first-order chi connectivity index (χ1) is 8.65. The molecular formula is C13H16N2O3. The van der Waals surface area contributed by atoms with Crippen molar-refractivity contribution in [3.05, 3.63) is 28.8 Å². The normalized spacial score (nSPS) is 9.67. The molecule has 1 aromatic rings. The molecule has 1 aromatic carbocycles. The number of carbonyl (C=O) groups excluding carboxylic acids is 1. The van der Waals surface area contributed by atoms with Gasteiger partial charge in [-0.15, -0.1) is 0 Å². The summed E-state index contributed by atoms with van der Waals surface area (Å²) < 4.78 is 10.0. The van der Waals surface area contributed by atoms with Gasteiger partial charge in [-0.05, 0) is 24.6 Å². The van der Waals surface area contributed by atoms with E-state index < -0.39 is 0 Å². The van der Waals surface area contributed by atoms with E-state index in [1.54, 1.807) is 19.1 Å². The third kappa shape index (κ3) is 3.22. The number of benzene rings is 1. The van der Waals surface area contributed by atoms with Crippen LogP contribution in [0.25, 0.3) is 0 Å². The Hall–Kier alpha value is -2.06. The van der Waals surface area contributed by atoms with Crippen LogP contribution >= 0.6 is 0 Å². The summed E-state index contributed by atoms with van der Waals surface area (Å²) in [5, 5.41) is 9.06. The molecule has 0 radical (unpaired) electrons. The zero-order chi connectivity index (χ0) is 13.5. The molecule has 2 N–H and O–H groups in total. The molecule has 0 fully saturated rings. The Morgan fingerprint density at radius 2 is 2.17 bits per heavy atom. The predicted molar refractivity (Wildman–Crippen MR) is 65.9 cm³/mol. The molecule has 0 unspecified atom stereocenters. The highest BCUT2D eigenvalue weighted by atomic mass is 16.5.